The third-order valence-corrected chi connectivity index (χ3v) is 6.41. The number of carbonyl (C=O) groups is 1. The van der Waals surface area contributed by atoms with Crippen LogP contribution in [0.25, 0.3) is 10.2 Å². The van der Waals surface area contributed by atoms with Gasteiger partial charge in [0, 0.05) is 0 Å². The number of ether oxygens (including phenoxy) is 2. The van der Waals surface area contributed by atoms with Gasteiger partial charge < -0.3 is 9.47 Å². The zero-order valence-electron chi connectivity index (χ0n) is 18.0. The van der Waals surface area contributed by atoms with Crippen molar-refractivity contribution in [3.8, 4) is 11.5 Å². The van der Waals surface area contributed by atoms with Crippen LogP contribution in [0.4, 0.5) is 5.13 Å². The number of hydrogen-bond acceptors (Lipinski definition) is 5. The second-order valence-electron chi connectivity index (χ2n) is 7.29. The number of carbonyl (C=O) groups excluding carboxylic acids is 1. The number of nitrogens with zero attached hydrogens (tertiary/aromatic N) is 2. The summed E-state index contributed by atoms with van der Waals surface area (Å²) in [5.41, 5.74) is 4.70. The highest BCUT2D eigenvalue weighted by Gasteiger charge is 2.25. The molecule has 0 atom stereocenters. The Balaban J connectivity index is 1.84. The number of fused-ring (bicyclic) bond motifs is 1. The van der Waals surface area contributed by atoms with Gasteiger partial charge in [0.25, 0.3) is 5.91 Å². The van der Waals surface area contributed by atoms with Crippen molar-refractivity contribution < 1.29 is 14.3 Å². The Kier molecular flexibility index (Phi) is 5.91. The predicted octanol–water partition coefficient (Wildman–Crippen LogP) is 5.78. The van der Waals surface area contributed by atoms with Crippen molar-refractivity contribution in [1.29, 1.82) is 0 Å². The Morgan fingerprint density at radius 3 is 2.48 bits per heavy atom. The molecule has 4 rings (SSSR count). The van der Waals surface area contributed by atoms with Gasteiger partial charge in [0.1, 0.15) is 11.5 Å². The molecular weight excluding hydrogens is 408 g/mol. The van der Waals surface area contributed by atoms with Gasteiger partial charge in [-0.25, -0.2) is 4.98 Å². The van der Waals surface area contributed by atoms with Gasteiger partial charge in [-0.15, -0.1) is 0 Å². The Labute approximate surface area is 185 Å². The molecule has 3 aromatic carbocycles. The molecule has 158 valence electrons. The molecule has 0 fully saturated rings. The molecule has 0 saturated carbocycles. The third-order valence-electron chi connectivity index (χ3n) is 5.37. The summed E-state index contributed by atoms with van der Waals surface area (Å²) in [7, 11) is 3.14. The van der Waals surface area contributed by atoms with E-state index in [-0.39, 0.29) is 5.91 Å². The lowest BCUT2D eigenvalue weighted by atomic mass is 10.1. The van der Waals surface area contributed by atoms with Crippen LogP contribution >= 0.6 is 11.3 Å². The minimum atomic E-state index is -0.187. The lowest BCUT2D eigenvalue weighted by molar-refractivity contribution is 0.0982. The van der Waals surface area contributed by atoms with Crippen LogP contribution in [-0.2, 0) is 6.54 Å². The lowest BCUT2D eigenvalue weighted by Crippen LogP contribution is -2.30. The van der Waals surface area contributed by atoms with Crippen LogP contribution in [0.3, 0.4) is 0 Å². The molecule has 1 heterocycles. The molecule has 31 heavy (non-hydrogen) atoms. The Bertz CT molecular complexity index is 1230. The molecule has 0 radical (unpaired) electrons. The van der Waals surface area contributed by atoms with Crippen molar-refractivity contribution in [1.82, 2.24) is 4.98 Å². The van der Waals surface area contributed by atoms with E-state index < -0.39 is 0 Å². The minimum Gasteiger partial charge on any atom is -0.497 e. The summed E-state index contributed by atoms with van der Waals surface area (Å²) in [5.74, 6) is 0.907. The van der Waals surface area contributed by atoms with E-state index in [4.69, 9.17) is 14.5 Å². The van der Waals surface area contributed by atoms with Gasteiger partial charge in [0.2, 0.25) is 0 Å². The monoisotopic (exact) mass is 432 g/mol. The van der Waals surface area contributed by atoms with E-state index in [1.165, 1.54) is 16.9 Å². The summed E-state index contributed by atoms with van der Waals surface area (Å²) in [6.45, 7) is 4.54. The van der Waals surface area contributed by atoms with Gasteiger partial charge in [-0.05, 0) is 54.8 Å². The Hall–Kier alpha value is -3.38. The summed E-state index contributed by atoms with van der Waals surface area (Å²) >= 11 is 1.52. The van der Waals surface area contributed by atoms with E-state index >= 15 is 0 Å². The molecule has 0 unspecified atom stereocenters. The van der Waals surface area contributed by atoms with Gasteiger partial charge in [-0.1, -0.05) is 47.7 Å². The first kappa shape index (κ1) is 20.9. The molecule has 6 heteroatoms. The van der Waals surface area contributed by atoms with Crippen LogP contribution in [0.5, 0.6) is 11.5 Å². The van der Waals surface area contributed by atoms with Gasteiger partial charge in [0.05, 0.1) is 36.5 Å². The smallest absolute Gasteiger partial charge is 0.264 e. The maximum atomic E-state index is 13.8. The second-order valence-corrected chi connectivity index (χ2v) is 8.30. The number of rotatable bonds is 6. The number of aryl methyl sites for hydroxylation is 2. The average molecular weight is 433 g/mol. The summed E-state index contributed by atoms with van der Waals surface area (Å²) in [5, 5.41) is 0.655. The van der Waals surface area contributed by atoms with E-state index in [1.54, 1.807) is 37.3 Å². The van der Waals surface area contributed by atoms with Crippen molar-refractivity contribution in [2.75, 3.05) is 19.1 Å². The SMILES string of the molecule is COc1ccc(OC)c(C(=O)N(Cc2ccccc2)c2nc3c(C)c(C)ccc3s2)c1. The third kappa shape index (κ3) is 4.11. The summed E-state index contributed by atoms with van der Waals surface area (Å²) in [6, 6.07) is 19.3. The highest BCUT2D eigenvalue weighted by molar-refractivity contribution is 7.22. The summed E-state index contributed by atoms with van der Waals surface area (Å²) in [6.07, 6.45) is 0. The molecular formula is C25H24N2O3S. The zero-order valence-corrected chi connectivity index (χ0v) is 18.8. The van der Waals surface area contributed by atoms with Gasteiger partial charge >= 0.3 is 0 Å². The predicted molar refractivity (Wildman–Crippen MR) is 126 cm³/mol. The largest absolute Gasteiger partial charge is 0.497 e. The highest BCUT2D eigenvalue weighted by Crippen LogP contribution is 2.35. The van der Waals surface area contributed by atoms with Crippen LogP contribution < -0.4 is 14.4 Å². The topological polar surface area (TPSA) is 51.7 Å². The average Bonchev–Trinajstić information content (AvgIpc) is 3.24. The van der Waals surface area contributed by atoms with Crippen molar-refractivity contribution in [3.63, 3.8) is 0 Å². The molecule has 0 saturated heterocycles. The van der Waals surface area contributed by atoms with Crippen LogP contribution in [0, 0.1) is 13.8 Å². The standard InChI is InChI=1S/C25H24N2O3S/c1-16-10-13-22-23(17(16)2)26-25(31-22)27(15-18-8-6-5-7-9-18)24(28)20-14-19(29-3)11-12-21(20)30-4/h5-14H,15H2,1-4H3. The number of thiazole rings is 1. The molecule has 5 nitrogen and oxygen atoms in total. The number of aromatic nitrogens is 1. The maximum absolute atomic E-state index is 13.8. The van der Waals surface area contributed by atoms with E-state index in [9.17, 15) is 4.79 Å². The van der Waals surface area contributed by atoms with Crippen molar-refractivity contribution >= 4 is 32.6 Å². The zero-order chi connectivity index (χ0) is 22.0. The highest BCUT2D eigenvalue weighted by atomic mass is 32.1. The maximum Gasteiger partial charge on any atom is 0.264 e. The molecule has 0 aliphatic rings. The molecule has 4 aromatic rings. The first-order chi connectivity index (χ1) is 15.0. The molecule has 0 N–H and O–H groups in total. The number of benzene rings is 3. The van der Waals surface area contributed by atoms with E-state index in [0.29, 0.717) is 28.7 Å². The number of methoxy groups -OCH3 is 2. The van der Waals surface area contributed by atoms with Crippen LogP contribution in [0.2, 0.25) is 0 Å². The van der Waals surface area contributed by atoms with Crippen LogP contribution in [0.15, 0.2) is 60.7 Å². The number of amides is 1. The van der Waals surface area contributed by atoms with Crippen LogP contribution in [-0.4, -0.2) is 25.1 Å². The number of anilines is 1. The first-order valence-electron chi connectivity index (χ1n) is 9.96. The molecule has 1 amide bonds. The first-order valence-corrected chi connectivity index (χ1v) is 10.8. The van der Waals surface area contributed by atoms with Crippen molar-refractivity contribution in [2.45, 2.75) is 20.4 Å². The molecule has 0 aliphatic carbocycles. The fourth-order valence-corrected chi connectivity index (χ4v) is 4.47. The lowest BCUT2D eigenvalue weighted by Gasteiger charge is -2.21. The minimum absolute atomic E-state index is 0.187. The Morgan fingerprint density at radius 2 is 1.77 bits per heavy atom. The molecule has 0 bridgehead atoms. The van der Waals surface area contributed by atoms with E-state index in [2.05, 4.69) is 26.0 Å². The normalized spacial score (nSPS) is 10.8. The van der Waals surface area contributed by atoms with Crippen LogP contribution in [0.1, 0.15) is 27.0 Å². The molecule has 0 aliphatic heterocycles. The van der Waals surface area contributed by atoms with Crippen molar-refractivity contribution in [2.24, 2.45) is 0 Å². The summed E-state index contributed by atoms with van der Waals surface area (Å²) < 4.78 is 11.9. The molecule has 1 aromatic heterocycles. The van der Waals surface area contributed by atoms with Gasteiger partial charge in [-0.3, -0.25) is 9.69 Å². The van der Waals surface area contributed by atoms with E-state index in [1.807, 2.05) is 30.3 Å². The van der Waals surface area contributed by atoms with Crippen molar-refractivity contribution in [3.05, 3.63) is 82.9 Å². The van der Waals surface area contributed by atoms with Gasteiger partial charge in [0.15, 0.2) is 5.13 Å². The molecule has 0 spiro atoms. The van der Waals surface area contributed by atoms with Gasteiger partial charge in [-0.2, -0.15) is 0 Å². The second kappa shape index (κ2) is 8.78. The quantitative estimate of drug-likeness (QED) is 0.388. The summed E-state index contributed by atoms with van der Waals surface area (Å²) in [4.78, 5) is 20.4. The Morgan fingerprint density at radius 1 is 1.00 bits per heavy atom. The fraction of sp³-hybridized carbons (Fsp3) is 0.200. The van der Waals surface area contributed by atoms with E-state index in [0.717, 1.165) is 21.3 Å². The fourth-order valence-electron chi connectivity index (χ4n) is 3.45. The number of hydrogen-bond donors (Lipinski definition) is 0.